The number of carboxylic acids is 1. The first kappa shape index (κ1) is 18.1. The van der Waals surface area contributed by atoms with Crippen LogP contribution in [0.3, 0.4) is 0 Å². The lowest BCUT2D eigenvalue weighted by Crippen LogP contribution is -2.16. The van der Waals surface area contributed by atoms with Gasteiger partial charge in [0.05, 0.1) is 11.3 Å². The van der Waals surface area contributed by atoms with Gasteiger partial charge in [-0.25, -0.2) is 0 Å². The summed E-state index contributed by atoms with van der Waals surface area (Å²) < 4.78 is 0. The molecule has 0 saturated carbocycles. The Morgan fingerprint density at radius 1 is 1.20 bits per heavy atom. The summed E-state index contributed by atoms with van der Waals surface area (Å²) >= 11 is 0. The number of ketones is 1. The van der Waals surface area contributed by atoms with Crippen LogP contribution in [0.1, 0.15) is 29.3 Å². The summed E-state index contributed by atoms with van der Waals surface area (Å²) in [6.07, 6.45) is -0.319. The Kier molecular flexibility index (Phi) is 5.84. The highest BCUT2D eigenvalue weighted by Crippen LogP contribution is 2.27. The fourth-order valence-corrected chi connectivity index (χ4v) is 2.42. The number of Topliss-reactive ketones (excluding diaryl/α,β-unsaturated/α-hetero) is 1. The molecular formula is C18H18N2O5. The number of nitrogens with one attached hydrogen (secondary N) is 1. The predicted octanol–water partition coefficient (Wildman–Crippen LogP) is 3.50. The van der Waals surface area contributed by atoms with E-state index in [1.165, 1.54) is 25.1 Å². The van der Waals surface area contributed by atoms with Crippen molar-refractivity contribution in [3.05, 3.63) is 69.8 Å². The Hall–Kier alpha value is -3.22. The molecule has 0 aliphatic heterocycles. The third-order valence-electron chi connectivity index (χ3n) is 3.73. The zero-order chi connectivity index (χ0) is 18.4. The molecule has 7 nitrogen and oxygen atoms in total. The van der Waals surface area contributed by atoms with Crippen molar-refractivity contribution >= 4 is 23.1 Å². The van der Waals surface area contributed by atoms with E-state index in [4.69, 9.17) is 5.11 Å². The van der Waals surface area contributed by atoms with Crippen molar-refractivity contribution in [2.45, 2.75) is 19.9 Å². The molecule has 2 aromatic carbocycles. The van der Waals surface area contributed by atoms with E-state index in [1.54, 1.807) is 0 Å². The largest absolute Gasteiger partial charge is 0.481 e. The topological polar surface area (TPSA) is 110 Å². The van der Waals surface area contributed by atoms with Gasteiger partial charge in [-0.1, -0.05) is 37.3 Å². The van der Waals surface area contributed by atoms with Crippen LogP contribution in [0.15, 0.2) is 48.5 Å². The molecule has 130 valence electrons. The lowest BCUT2D eigenvalue weighted by atomic mass is 9.96. The molecule has 2 N–H and O–H groups in total. The Morgan fingerprint density at radius 3 is 2.48 bits per heavy atom. The zero-order valence-electron chi connectivity index (χ0n) is 13.6. The van der Waals surface area contributed by atoms with Crippen LogP contribution in [0.4, 0.5) is 11.4 Å². The van der Waals surface area contributed by atoms with Crippen LogP contribution in [-0.4, -0.2) is 21.8 Å². The van der Waals surface area contributed by atoms with Gasteiger partial charge >= 0.3 is 5.97 Å². The van der Waals surface area contributed by atoms with Gasteiger partial charge in [-0.15, -0.1) is 0 Å². The molecule has 2 rings (SSSR count). The standard InChI is InChI=1S/C18H18N2O5/c1-12(9-17(21)22)18(23)14-7-8-15(16(10-14)20(24)25)19-11-13-5-3-2-4-6-13/h2-8,10,12,19H,9,11H2,1H3,(H,21,22)/t12-/m0/s1. The lowest BCUT2D eigenvalue weighted by Gasteiger charge is -2.11. The summed E-state index contributed by atoms with van der Waals surface area (Å²) in [5.41, 5.74) is 1.18. The van der Waals surface area contributed by atoms with E-state index >= 15 is 0 Å². The summed E-state index contributed by atoms with van der Waals surface area (Å²) in [5, 5.41) is 23.1. The minimum atomic E-state index is -1.09. The summed E-state index contributed by atoms with van der Waals surface area (Å²) in [6.45, 7) is 1.90. The van der Waals surface area contributed by atoms with Gasteiger partial charge in [0.25, 0.3) is 5.69 Å². The first-order chi connectivity index (χ1) is 11.9. The maximum Gasteiger partial charge on any atom is 0.304 e. The van der Waals surface area contributed by atoms with Gasteiger partial charge in [-0.2, -0.15) is 0 Å². The van der Waals surface area contributed by atoms with Gasteiger partial charge in [0.2, 0.25) is 0 Å². The first-order valence-corrected chi connectivity index (χ1v) is 7.70. The van der Waals surface area contributed by atoms with E-state index in [9.17, 15) is 19.7 Å². The van der Waals surface area contributed by atoms with Crippen LogP contribution in [-0.2, 0) is 11.3 Å². The molecule has 0 bridgehead atoms. The molecule has 2 aromatic rings. The van der Waals surface area contributed by atoms with Gasteiger partial charge in [-0.05, 0) is 17.7 Å². The molecule has 0 amide bonds. The number of hydrogen-bond acceptors (Lipinski definition) is 5. The molecule has 0 spiro atoms. The average Bonchev–Trinajstić information content (AvgIpc) is 2.59. The molecule has 0 aliphatic carbocycles. The van der Waals surface area contributed by atoms with E-state index in [0.29, 0.717) is 12.2 Å². The van der Waals surface area contributed by atoms with Gasteiger partial charge in [0.15, 0.2) is 5.78 Å². The monoisotopic (exact) mass is 342 g/mol. The average molecular weight is 342 g/mol. The van der Waals surface area contributed by atoms with E-state index < -0.39 is 22.6 Å². The van der Waals surface area contributed by atoms with Crippen LogP contribution >= 0.6 is 0 Å². The van der Waals surface area contributed by atoms with Crippen molar-refractivity contribution in [1.29, 1.82) is 0 Å². The number of aliphatic carboxylic acids is 1. The molecule has 0 aliphatic rings. The Morgan fingerprint density at radius 2 is 1.88 bits per heavy atom. The minimum Gasteiger partial charge on any atom is -0.481 e. The van der Waals surface area contributed by atoms with Gasteiger partial charge in [-0.3, -0.25) is 19.7 Å². The molecule has 0 fully saturated rings. The number of anilines is 1. The number of hydrogen-bond donors (Lipinski definition) is 2. The van der Waals surface area contributed by atoms with Crippen LogP contribution in [0.5, 0.6) is 0 Å². The van der Waals surface area contributed by atoms with Crippen molar-refractivity contribution in [1.82, 2.24) is 0 Å². The van der Waals surface area contributed by atoms with Crippen molar-refractivity contribution in [3.63, 3.8) is 0 Å². The van der Waals surface area contributed by atoms with Crippen LogP contribution in [0, 0.1) is 16.0 Å². The third kappa shape index (κ3) is 4.87. The lowest BCUT2D eigenvalue weighted by molar-refractivity contribution is -0.384. The van der Waals surface area contributed by atoms with Crippen LogP contribution < -0.4 is 5.32 Å². The number of benzene rings is 2. The number of carbonyl (C=O) groups is 2. The molecule has 0 radical (unpaired) electrons. The number of rotatable bonds is 8. The van der Waals surface area contributed by atoms with Crippen LogP contribution in [0.2, 0.25) is 0 Å². The predicted molar refractivity (Wildman–Crippen MR) is 92.6 cm³/mol. The first-order valence-electron chi connectivity index (χ1n) is 7.70. The minimum absolute atomic E-state index is 0.130. The maximum absolute atomic E-state index is 12.2. The normalized spacial score (nSPS) is 11.6. The number of nitro groups is 1. The second kappa shape index (κ2) is 8.05. The van der Waals surface area contributed by atoms with E-state index in [1.807, 2.05) is 30.3 Å². The molecule has 0 saturated heterocycles. The van der Waals surface area contributed by atoms with Crippen LogP contribution in [0.25, 0.3) is 0 Å². The number of carbonyl (C=O) groups excluding carboxylic acids is 1. The van der Waals surface area contributed by atoms with Crippen molar-refractivity contribution in [2.24, 2.45) is 5.92 Å². The zero-order valence-corrected chi connectivity index (χ0v) is 13.6. The SMILES string of the molecule is C[C@@H](CC(=O)O)C(=O)c1ccc(NCc2ccccc2)c([N+](=O)[O-])c1. The third-order valence-corrected chi connectivity index (χ3v) is 3.73. The second-order valence-electron chi connectivity index (χ2n) is 5.69. The smallest absolute Gasteiger partial charge is 0.304 e. The van der Waals surface area contributed by atoms with Gasteiger partial charge in [0.1, 0.15) is 5.69 Å². The molecule has 0 heterocycles. The van der Waals surface area contributed by atoms with E-state index in [0.717, 1.165) is 5.56 Å². The van der Waals surface area contributed by atoms with Gasteiger partial charge in [0, 0.05) is 24.1 Å². The van der Waals surface area contributed by atoms with Crippen molar-refractivity contribution in [3.8, 4) is 0 Å². The van der Waals surface area contributed by atoms with Crippen molar-refractivity contribution < 1.29 is 19.6 Å². The Balaban J connectivity index is 2.21. The highest BCUT2D eigenvalue weighted by atomic mass is 16.6. The van der Waals surface area contributed by atoms with E-state index in [2.05, 4.69) is 5.32 Å². The number of nitrogens with zero attached hydrogens (tertiary/aromatic N) is 1. The number of nitro benzene ring substituents is 1. The molecule has 1 atom stereocenters. The summed E-state index contributed by atoms with van der Waals surface area (Å²) in [6, 6.07) is 13.5. The van der Waals surface area contributed by atoms with Gasteiger partial charge < -0.3 is 10.4 Å². The molecule has 7 heteroatoms. The van der Waals surface area contributed by atoms with E-state index in [-0.39, 0.29) is 17.7 Å². The second-order valence-corrected chi connectivity index (χ2v) is 5.69. The fraction of sp³-hybridized carbons (Fsp3) is 0.222. The summed E-state index contributed by atoms with van der Waals surface area (Å²) in [4.78, 5) is 33.7. The quantitative estimate of drug-likeness (QED) is 0.432. The number of carboxylic acid groups (broad SMARTS) is 1. The molecule has 25 heavy (non-hydrogen) atoms. The molecule has 0 aromatic heterocycles. The summed E-state index contributed by atoms with van der Waals surface area (Å²) in [5.74, 6) is -2.27. The maximum atomic E-state index is 12.2. The highest BCUT2D eigenvalue weighted by Gasteiger charge is 2.22. The molecule has 0 unspecified atom stereocenters. The molecular weight excluding hydrogens is 324 g/mol. The Bertz CT molecular complexity index is 789. The Labute approximate surface area is 144 Å². The summed E-state index contributed by atoms with van der Waals surface area (Å²) in [7, 11) is 0. The highest BCUT2D eigenvalue weighted by molar-refractivity contribution is 6.00. The van der Waals surface area contributed by atoms with Crippen molar-refractivity contribution in [2.75, 3.05) is 5.32 Å². The fourth-order valence-electron chi connectivity index (χ4n) is 2.42.